The van der Waals surface area contributed by atoms with Gasteiger partial charge in [-0.3, -0.25) is 4.79 Å². The lowest BCUT2D eigenvalue weighted by molar-refractivity contribution is 0.171. The molecule has 0 bridgehead atoms. The summed E-state index contributed by atoms with van der Waals surface area (Å²) in [5.41, 5.74) is 7.54. The van der Waals surface area contributed by atoms with E-state index in [9.17, 15) is 4.79 Å². The summed E-state index contributed by atoms with van der Waals surface area (Å²) < 4.78 is 6.38. The zero-order valence-corrected chi connectivity index (χ0v) is 17.9. The molecule has 1 saturated carbocycles. The molecule has 4 nitrogen and oxygen atoms in total. The van der Waals surface area contributed by atoms with Crippen LogP contribution in [0.25, 0.3) is 10.8 Å². The van der Waals surface area contributed by atoms with Crippen LogP contribution >= 0.6 is 11.6 Å². The number of pyridine rings is 1. The summed E-state index contributed by atoms with van der Waals surface area (Å²) in [6.45, 7) is 0. The van der Waals surface area contributed by atoms with Crippen LogP contribution in [0.3, 0.4) is 0 Å². The number of nitrogens with one attached hydrogen (secondary N) is 1. The smallest absolute Gasteiger partial charge is 0.255 e. The highest BCUT2D eigenvalue weighted by Gasteiger charge is 2.29. The van der Waals surface area contributed by atoms with Crippen LogP contribution in [-0.4, -0.2) is 17.1 Å². The van der Waals surface area contributed by atoms with Crippen LogP contribution in [0.1, 0.15) is 44.1 Å². The molecule has 2 atom stereocenters. The van der Waals surface area contributed by atoms with Crippen molar-refractivity contribution < 1.29 is 4.74 Å². The number of rotatable bonds is 10. The summed E-state index contributed by atoms with van der Waals surface area (Å²) >= 11 is 6.47. The molecule has 1 aromatic heterocycles. The highest BCUT2D eigenvalue weighted by molar-refractivity contribution is 6.32. The van der Waals surface area contributed by atoms with Gasteiger partial charge in [-0.25, -0.2) is 0 Å². The van der Waals surface area contributed by atoms with Crippen LogP contribution in [0.4, 0.5) is 0 Å². The maximum absolute atomic E-state index is 12.0. The van der Waals surface area contributed by atoms with Crippen molar-refractivity contribution in [2.75, 3.05) is 0 Å². The van der Waals surface area contributed by atoms with Crippen LogP contribution in [0.15, 0.2) is 59.5 Å². The van der Waals surface area contributed by atoms with E-state index >= 15 is 0 Å². The second kappa shape index (κ2) is 9.67. The van der Waals surface area contributed by atoms with E-state index in [0.717, 1.165) is 37.5 Å². The molecule has 0 aliphatic heterocycles. The first-order valence-corrected chi connectivity index (χ1v) is 11.2. The minimum absolute atomic E-state index is 0.0514. The molecule has 0 amide bonds. The van der Waals surface area contributed by atoms with Crippen molar-refractivity contribution >= 4 is 22.4 Å². The van der Waals surface area contributed by atoms with Gasteiger partial charge in [0.25, 0.3) is 5.56 Å². The average Bonchev–Trinajstić information content (AvgIpc) is 3.59. The van der Waals surface area contributed by atoms with Crippen molar-refractivity contribution in [1.29, 1.82) is 0 Å². The average molecular weight is 425 g/mol. The third-order valence-electron chi connectivity index (χ3n) is 6.00. The molecule has 4 rings (SSSR count). The maximum Gasteiger partial charge on any atom is 0.255 e. The first-order valence-electron chi connectivity index (χ1n) is 10.9. The van der Waals surface area contributed by atoms with E-state index in [1.807, 2.05) is 18.2 Å². The Morgan fingerprint density at radius 2 is 1.90 bits per heavy atom. The number of halogens is 1. The lowest BCUT2D eigenvalue weighted by atomic mass is 9.99. The van der Waals surface area contributed by atoms with Gasteiger partial charge in [0.2, 0.25) is 0 Å². The van der Waals surface area contributed by atoms with E-state index in [1.165, 1.54) is 18.4 Å². The third kappa shape index (κ3) is 5.44. The van der Waals surface area contributed by atoms with Crippen molar-refractivity contribution in [1.82, 2.24) is 4.98 Å². The molecule has 2 aromatic carbocycles. The van der Waals surface area contributed by atoms with E-state index in [4.69, 9.17) is 22.1 Å². The Morgan fingerprint density at radius 1 is 1.10 bits per heavy atom. The number of nitrogens with two attached hydrogens (primary N) is 1. The second-order valence-electron chi connectivity index (χ2n) is 8.37. The lowest BCUT2D eigenvalue weighted by Gasteiger charge is -2.22. The molecule has 158 valence electrons. The quantitative estimate of drug-likeness (QED) is 0.453. The van der Waals surface area contributed by atoms with Crippen LogP contribution in [-0.2, 0) is 6.42 Å². The first-order chi connectivity index (χ1) is 14.6. The number of aromatic amines is 1. The number of aryl methyl sites for hydroxylation is 1. The number of fused-ring (bicyclic) bond motifs is 1. The van der Waals surface area contributed by atoms with E-state index in [2.05, 4.69) is 29.2 Å². The van der Waals surface area contributed by atoms with Gasteiger partial charge in [0.05, 0.1) is 11.1 Å². The Morgan fingerprint density at radius 3 is 2.67 bits per heavy atom. The van der Waals surface area contributed by atoms with Gasteiger partial charge in [-0.2, -0.15) is 0 Å². The predicted octanol–water partition coefficient (Wildman–Crippen LogP) is 5.47. The first kappa shape index (κ1) is 21.0. The standard InChI is InChI=1S/C25H29ClN2O2/c26-22-16-21-19(13-14-28-25(21)29)15-24(22)30-20(11-12-23(27)18-9-10-18)8-4-7-17-5-2-1-3-6-17/h1-3,5-6,13-16,18,20,23H,4,7-12,27H2,(H,28,29)/t20-,23?/m1/s1. The fraction of sp³-hybridized carbons (Fsp3) is 0.400. The van der Waals surface area contributed by atoms with Crippen molar-refractivity contribution in [3.63, 3.8) is 0 Å². The van der Waals surface area contributed by atoms with Gasteiger partial charge in [0.1, 0.15) is 5.75 Å². The number of hydrogen-bond acceptors (Lipinski definition) is 3. The highest BCUT2D eigenvalue weighted by atomic mass is 35.5. The van der Waals surface area contributed by atoms with E-state index in [-0.39, 0.29) is 17.7 Å². The SMILES string of the molecule is NC(CC[C@@H](CCCc1ccccc1)Oc1cc2cc[nH]c(=O)c2cc1Cl)C1CC1. The zero-order valence-electron chi connectivity index (χ0n) is 17.1. The van der Waals surface area contributed by atoms with Gasteiger partial charge in [-0.1, -0.05) is 41.9 Å². The molecule has 1 heterocycles. The largest absolute Gasteiger partial charge is 0.489 e. The van der Waals surface area contributed by atoms with Gasteiger partial charge >= 0.3 is 0 Å². The molecule has 1 aliphatic carbocycles. The number of benzene rings is 2. The minimum Gasteiger partial charge on any atom is -0.489 e. The molecule has 3 N–H and O–H groups in total. The molecule has 1 aliphatic rings. The minimum atomic E-state index is -0.143. The third-order valence-corrected chi connectivity index (χ3v) is 6.30. The van der Waals surface area contributed by atoms with E-state index < -0.39 is 0 Å². The number of hydrogen-bond donors (Lipinski definition) is 2. The topological polar surface area (TPSA) is 68.1 Å². The Kier molecular flexibility index (Phi) is 6.76. The molecular formula is C25H29ClN2O2. The second-order valence-corrected chi connectivity index (χ2v) is 8.78. The Balaban J connectivity index is 1.45. The zero-order chi connectivity index (χ0) is 20.9. The predicted molar refractivity (Wildman–Crippen MR) is 123 cm³/mol. The van der Waals surface area contributed by atoms with Crippen molar-refractivity contribution in [3.05, 3.63) is 75.7 Å². The van der Waals surface area contributed by atoms with E-state index in [1.54, 1.807) is 12.3 Å². The van der Waals surface area contributed by atoms with Gasteiger partial charge in [0, 0.05) is 17.6 Å². The Hall–Kier alpha value is -2.30. The summed E-state index contributed by atoms with van der Waals surface area (Å²) in [6, 6.07) is 16.2. The van der Waals surface area contributed by atoms with Crippen LogP contribution in [0.2, 0.25) is 5.02 Å². The number of H-pyrrole nitrogens is 1. The van der Waals surface area contributed by atoms with Crippen LogP contribution in [0.5, 0.6) is 5.75 Å². The van der Waals surface area contributed by atoms with Crippen molar-refractivity contribution in [2.45, 2.75) is 57.1 Å². The number of aromatic nitrogens is 1. The molecule has 1 unspecified atom stereocenters. The van der Waals surface area contributed by atoms with E-state index in [0.29, 0.717) is 22.1 Å². The van der Waals surface area contributed by atoms with Crippen LogP contribution in [0, 0.1) is 5.92 Å². The fourth-order valence-corrected chi connectivity index (χ4v) is 4.25. The van der Waals surface area contributed by atoms with Gasteiger partial charge in [-0.15, -0.1) is 0 Å². The molecule has 1 fully saturated rings. The Labute approximate surface area is 182 Å². The maximum atomic E-state index is 12.0. The fourth-order valence-electron chi connectivity index (χ4n) is 4.04. The lowest BCUT2D eigenvalue weighted by Crippen LogP contribution is -2.26. The molecule has 5 heteroatoms. The van der Waals surface area contributed by atoms with Crippen molar-refractivity contribution in [3.8, 4) is 5.75 Å². The molecular weight excluding hydrogens is 396 g/mol. The monoisotopic (exact) mass is 424 g/mol. The summed E-state index contributed by atoms with van der Waals surface area (Å²) in [4.78, 5) is 14.7. The summed E-state index contributed by atoms with van der Waals surface area (Å²) in [5, 5.41) is 1.88. The Bertz CT molecular complexity index is 1030. The number of ether oxygens (including phenoxy) is 1. The van der Waals surface area contributed by atoms with Gasteiger partial charge in [0.15, 0.2) is 0 Å². The molecule has 0 radical (unpaired) electrons. The highest BCUT2D eigenvalue weighted by Crippen LogP contribution is 2.35. The van der Waals surface area contributed by atoms with Gasteiger partial charge < -0.3 is 15.5 Å². The van der Waals surface area contributed by atoms with Crippen LogP contribution < -0.4 is 16.0 Å². The normalized spacial score (nSPS) is 15.8. The van der Waals surface area contributed by atoms with Crippen molar-refractivity contribution in [2.24, 2.45) is 11.7 Å². The summed E-state index contributed by atoms with van der Waals surface area (Å²) in [5.74, 6) is 1.32. The van der Waals surface area contributed by atoms with Gasteiger partial charge in [-0.05, 0) is 80.0 Å². The molecule has 0 saturated heterocycles. The summed E-state index contributed by atoms with van der Waals surface area (Å²) in [6.07, 6.45) is 9.09. The summed E-state index contributed by atoms with van der Waals surface area (Å²) in [7, 11) is 0. The molecule has 3 aromatic rings. The molecule has 30 heavy (non-hydrogen) atoms. The molecule has 0 spiro atoms.